The predicted octanol–water partition coefficient (Wildman–Crippen LogP) is 5.27. The van der Waals surface area contributed by atoms with Crippen LogP contribution in [-0.4, -0.2) is 25.5 Å². The van der Waals surface area contributed by atoms with Crippen LogP contribution < -0.4 is 20.7 Å². The summed E-state index contributed by atoms with van der Waals surface area (Å²) in [7, 11) is 1.52. The smallest absolute Gasteiger partial charge is 0.255 e. The number of rotatable bonds is 7. The normalized spacial score (nSPS) is 10.3. The third kappa shape index (κ3) is 5.55. The number of ether oxygens (including phenoxy) is 1. The molecule has 3 rings (SSSR count). The molecule has 3 N–H and O–H groups in total. The Kier molecular flexibility index (Phi) is 7.15. The van der Waals surface area contributed by atoms with Crippen molar-refractivity contribution in [1.82, 2.24) is 0 Å². The number of aryl methyl sites for hydroxylation is 1. The molecule has 0 spiro atoms. The molecule has 6 nitrogen and oxygen atoms in total. The van der Waals surface area contributed by atoms with E-state index in [1.807, 2.05) is 50.2 Å². The number of halogens is 1. The Morgan fingerprint density at radius 3 is 2.32 bits per heavy atom. The Labute approximate surface area is 186 Å². The van der Waals surface area contributed by atoms with Gasteiger partial charge in [0.05, 0.1) is 19.3 Å². The summed E-state index contributed by atoms with van der Waals surface area (Å²) in [5.74, 6) is 0.0627. The number of hydrogen-bond acceptors (Lipinski definition) is 4. The average molecular weight is 438 g/mol. The Morgan fingerprint density at radius 2 is 1.61 bits per heavy atom. The molecule has 0 aliphatic rings. The van der Waals surface area contributed by atoms with E-state index in [-0.39, 0.29) is 18.4 Å². The van der Waals surface area contributed by atoms with Gasteiger partial charge in [0, 0.05) is 28.0 Å². The molecule has 31 heavy (non-hydrogen) atoms. The zero-order valence-electron chi connectivity index (χ0n) is 17.6. The molecule has 2 amide bonds. The first-order valence-electron chi connectivity index (χ1n) is 9.73. The Hall–Kier alpha value is -3.51. The van der Waals surface area contributed by atoms with Crippen LogP contribution >= 0.6 is 11.6 Å². The number of nitrogens with one attached hydrogen (secondary N) is 3. The fourth-order valence-electron chi connectivity index (χ4n) is 3.05. The first-order valence-corrected chi connectivity index (χ1v) is 10.1. The number of carbonyl (C=O) groups excluding carboxylic acids is 2. The number of carbonyl (C=O) groups is 2. The second kappa shape index (κ2) is 10.00. The maximum atomic E-state index is 12.5. The van der Waals surface area contributed by atoms with E-state index < -0.39 is 0 Å². The summed E-state index contributed by atoms with van der Waals surface area (Å²) in [5, 5.41) is 9.43. The number of benzene rings is 3. The lowest BCUT2D eigenvalue weighted by atomic mass is 10.1. The number of anilines is 3. The highest BCUT2D eigenvalue weighted by Crippen LogP contribution is 2.31. The molecule has 0 bridgehead atoms. The Bertz CT molecular complexity index is 1100. The number of amides is 2. The van der Waals surface area contributed by atoms with Gasteiger partial charge in [0.15, 0.2) is 0 Å². The molecule has 0 fully saturated rings. The molecule has 0 aliphatic heterocycles. The van der Waals surface area contributed by atoms with Gasteiger partial charge in [0.2, 0.25) is 5.91 Å². The first kappa shape index (κ1) is 22.2. The van der Waals surface area contributed by atoms with Crippen LogP contribution in [-0.2, 0) is 4.79 Å². The molecule has 3 aromatic carbocycles. The molecule has 0 unspecified atom stereocenters. The second-order valence-electron chi connectivity index (χ2n) is 7.00. The number of methoxy groups -OCH3 is 1. The Morgan fingerprint density at radius 1 is 0.903 bits per heavy atom. The lowest BCUT2D eigenvalue weighted by Crippen LogP contribution is -2.22. The molecule has 0 saturated carbocycles. The van der Waals surface area contributed by atoms with Crippen LogP contribution in [0.3, 0.4) is 0 Å². The lowest BCUT2D eigenvalue weighted by molar-refractivity contribution is -0.114. The van der Waals surface area contributed by atoms with Crippen LogP contribution in [0.2, 0.25) is 5.02 Å². The van der Waals surface area contributed by atoms with Gasteiger partial charge in [-0.3, -0.25) is 9.59 Å². The standard InChI is InChI=1S/C24H24ClN3O3/c1-15-12-21(22(31-3)13-18(15)25)27-23(29)14-26-19-10-7-11-20(16(19)2)28-24(30)17-8-5-4-6-9-17/h4-13,26H,14H2,1-3H3,(H,27,29)(H,28,30). The van der Waals surface area contributed by atoms with Crippen molar-refractivity contribution in [2.24, 2.45) is 0 Å². The summed E-state index contributed by atoms with van der Waals surface area (Å²) >= 11 is 6.11. The van der Waals surface area contributed by atoms with E-state index in [4.69, 9.17) is 16.3 Å². The van der Waals surface area contributed by atoms with Crippen LogP contribution in [0.1, 0.15) is 21.5 Å². The summed E-state index contributed by atoms with van der Waals surface area (Å²) in [6.07, 6.45) is 0. The minimum atomic E-state index is -0.238. The first-order chi connectivity index (χ1) is 14.9. The quantitative estimate of drug-likeness (QED) is 0.470. The molecule has 3 aromatic rings. The van der Waals surface area contributed by atoms with Gasteiger partial charge >= 0.3 is 0 Å². The van der Waals surface area contributed by atoms with Crippen LogP contribution in [0.5, 0.6) is 5.75 Å². The van der Waals surface area contributed by atoms with Crippen molar-refractivity contribution in [3.05, 3.63) is 82.4 Å². The molecular formula is C24H24ClN3O3. The summed E-state index contributed by atoms with van der Waals surface area (Å²) < 4.78 is 5.29. The minimum Gasteiger partial charge on any atom is -0.495 e. The van der Waals surface area contributed by atoms with Crippen molar-refractivity contribution in [3.63, 3.8) is 0 Å². The zero-order valence-corrected chi connectivity index (χ0v) is 18.3. The van der Waals surface area contributed by atoms with Crippen molar-refractivity contribution in [1.29, 1.82) is 0 Å². The van der Waals surface area contributed by atoms with Gasteiger partial charge in [-0.25, -0.2) is 0 Å². The highest BCUT2D eigenvalue weighted by molar-refractivity contribution is 6.31. The van der Waals surface area contributed by atoms with E-state index in [0.29, 0.717) is 27.7 Å². The van der Waals surface area contributed by atoms with Gasteiger partial charge in [0.1, 0.15) is 5.75 Å². The lowest BCUT2D eigenvalue weighted by Gasteiger charge is -2.15. The largest absolute Gasteiger partial charge is 0.495 e. The highest BCUT2D eigenvalue weighted by Gasteiger charge is 2.12. The van der Waals surface area contributed by atoms with Gasteiger partial charge in [-0.2, -0.15) is 0 Å². The fraction of sp³-hybridized carbons (Fsp3) is 0.167. The third-order valence-corrected chi connectivity index (χ3v) is 5.22. The van der Waals surface area contributed by atoms with Crippen molar-refractivity contribution >= 4 is 40.5 Å². The van der Waals surface area contributed by atoms with Gasteiger partial charge in [-0.05, 0) is 55.3 Å². The maximum Gasteiger partial charge on any atom is 0.255 e. The molecule has 0 aromatic heterocycles. The number of hydrogen-bond donors (Lipinski definition) is 3. The van der Waals surface area contributed by atoms with E-state index in [9.17, 15) is 9.59 Å². The van der Waals surface area contributed by atoms with Gasteiger partial charge in [-0.15, -0.1) is 0 Å². The van der Waals surface area contributed by atoms with Crippen LogP contribution in [0, 0.1) is 13.8 Å². The van der Waals surface area contributed by atoms with E-state index >= 15 is 0 Å². The van der Waals surface area contributed by atoms with Crippen molar-refractivity contribution in [2.45, 2.75) is 13.8 Å². The maximum absolute atomic E-state index is 12.5. The van der Waals surface area contributed by atoms with Crippen LogP contribution in [0.25, 0.3) is 0 Å². The van der Waals surface area contributed by atoms with E-state index in [1.54, 1.807) is 24.3 Å². The van der Waals surface area contributed by atoms with Gasteiger partial charge in [0.25, 0.3) is 5.91 Å². The van der Waals surface area contributed by atoms with E-state index in [1.165, 1.54) is 7.11 Å². The fourth-order valence-corrected chi connectivity index (χ4v) is 3.20. The molecule has 0 aliphatic carbocycles. The molecule has 0 radical (unpaired) electrons. The third-order valence-electron chi connectivity index (χ3n) is 4.81. The van der Waals surface area contributed by atoms with Crippen LogP contribution in [0.4, 0.5) is 17.1 Å². The van der Waals surface area contributed by atoms with Crippen LogP contribution in [0.15, 0.2) is 60.7 Å². The Balaban J connectivity index is 1.66. The minimum absolute atomic E-state index is 0.0434. The molecule has 0 saturated heterocycles. The van der Waals surface area contributed by atoms with E-state index in [0.717, 1.165) is 16.8 Å². The summed E-state index contributed by atoms with van der Waals surface area (Å²) in [6, 6.07) is 17.9. The average Bonchev–Trinajstić information content (AvgIpc) is 2.77. The zero-order chi connectivity index (χ0) is 22.4. The molecule has 0 heterocycles. The molecule has 7 heteroatoms. The molecule has 0 atom stereocenters. The van der Waals surface area contributed by atoms with Crippen molar-refractivity contribution in [2.75, 3.05) is 29.6 Å². The molecule has 160 valence electrons. The SMILES string of the molecule is COc1cc(Cl)c(C)cc1NC(=O)CNc1cccc(NC(=O)c2ccccc2)c1C. The van der Waals surface area contributed by atoms with Gasteiger partial charge in [-0.1, -0.05) is 35.9 Å². The van der Waals surface area contributed by atoms with Crippen molar-refractivity contribution in [3.8, 4) is 5.75 Å². The predicted molar refractivity (Wildman–Crippen MR) is 125 cm³/mol. The van der Waals surface area contributed by atoms with E-state index in [2.05, 4.69) is 16.0 Å². The monoisotopic (exact) mass is 437 g/mol. The highest BCUT2D eigenvalue weighted by atomic mass is 35.5. The summed E-state index contributed by atoms with van der Waals surface area (Å²) in [4.78, 5) is 24.9. The topological polar surface area (TPSA) is 79.5 Å². The molecular weight excluding hydrogens is 414 g/mol. The summed E-state index contributed by atoms with van der Waals surface area (Å²) in [5.41, 5.74) is 4.22. The second-order valence-corrected chi connectivity index (χ2v) is 7.41. The van der Waals surface area contributed by atoms with Gasteiger partial charge < -0.3 is 20.7 Å². The van der Waals surface area contributed by atoms with Crippen molar-refractivity contribution < 1.29 is 14.3 Å². The summed E-state index contributed by atoms with van der Waals surface area (Å²) in [6.45, 7) is 3.78.